The first-order valence-corrected chi connectivity index (χ1v) is 12.0. The van der Waals surface area contributed by atoms with Gasteiger partial charge in [-0.3, -0.25) is 0 Å². The van der Waals surface area contributed by atoms with E-state index in [9.17, 15) is 0 Å². The number of benzene rings is 6. The number of rotatable bonds is 4. The minimum absolute atomic E-state index is 1.14. The zero-order chi connectivity index (χ0) is 23.2. The van der Waals surface area contributed by atoms with Crippen molar-refractivity contribution in [1.82, 2.24) is 0 Å². The van der Waals surface area contributed by atoms with Crippen LogP contribution >= 0.6 is 0 Å². The molecule has 0 fully saturated rings. The van der Waals surface area contributed by atoms with Crippen molar-refractivity contribution < 1.29 is 0 Å². The average molecular weight is 446 g/mol. The smallest absolute Gasteiger partial charge is 0.0468 e. The van der Waals surface area contributed by atoms with E-state index in [0.717, 1.165) is 17.1 Å². The van der Waals surface area contributed by atoms with Gasteiger partial charge in [0.15, 0.2) is 0 Å². The maximum atomic E-state index is 2.35. The van der Waals surface area contributed by atoms with Crippen LogP contribution in [0.3, 0.4) is 0 Å². The Bertz CT molecular complexity index is 1660. The van der Waals surface area contributed by atoms with E-state index in [1.165, 1.54) is 44.2 Å². The minimum Gasteiger partial charge on any atom is -0.310 e. The van der Waals surface area contributed by atoms with Crippen LogP contribution in [0.2, 0.25) is 0 Å². The fourth-order valence-corrected chi connectivity index (χ4v) is 5.38. The molecule has 0 amide bonds. The Kier molecular flexibility index (Phi) is 4.53. The maximum absolute atomic E-state index is 2.35. The van der Waals surface area contributed by atoms with Crippen molar-refractivity contribution in [3.63, 3.8) is 0 Å². The van der Waals surface area contributed by atoms with Gasteiger partial charge in [-0.05, 0) is 80.6 Å². The summed E-state index contributed by atoms with van der Waals surface area (Å²) in [5.74, 6) is 0. The number of fused-ring (bicyclic) bond motifs is 3. The highest BCUT2D eigenvalue weighted by molar-refractivity contribution is 6.15. The summed E-state index contributed by atoms with van der Waals surface area (Å²) >= 11 is 0. The molecule has 35 heavy (non-hydrogen) atoms. The highest BCUT2D eigenvalue weighted by Gasteiger charge is 2.23. The molecule has 0 aliphatic heterocycles. The molecule has 0 heterocycles. The average Bonchev–Trinajstić information content (AvgIpc) is 3.25. The molecule has 1 aliphatic carbocycles. The molecule has 0 saturated heterocycles. The molecule has 0 unspecified atom stereocenters. The Morgan fingerprint density at radius 1 is 0.343 bits per heavy atom. The molecule has 0 N–H and O–H groups in total. The predicted molar refractivity (Wildman–Crippen MR) is 148 cm³/mol. The second kappa shape index (κ2) is 8.00. The van der Waals surface area contributed by atoms with Crippen LogP contribution in [0.1, 0.15) is 0 Å². The molecule has 1 heteroatoms. The second-order valence-corrected chi connectivity index (χ2v) is 9.02. The SMILES string of the molecule is c1ccc(-c2ccc(N(c3ccccc3)c3ccc4c(c3)-c3cccc5cccc-4c35)cc2)cc1. The number of para-hydroxylation sites is 1. The van der Waals surface area contributed by atoms with Gasteiger partial charge in [0.05, 0.1) is 0 Å². The molecule has 1 nitrogen and oxygen atoms in total. The normalized spacial score (nSPS) is 11.4. The molecule has 0 bridgehead atoms. The lowest BCUT2D eigenvalue weighted by Crippen LogP contribution is -2.09. The van der Waals surface area contributed by atoms with Crippen molar-refractivity contribution >= 4 is 27.8 Å². The standard InChI is InChI=1S/C34H23N/c1-3-9-24(10-4-1)25-17-19-28(20-18-25)35(27-13-5-2-6-14-27)29-21-22-30-31-15-7-11-26-12-8-16-32(34(26)31)33(30)23-29/h1-23H. The molecule has 6 aromatic rings. The summed E-state index contributed by atoms with van der Waals surface area (Å²) in [5.41, 5.74) is 11.2. The van der Waals surface area contributed by atoms with Gasteiger partial charge in [0, 0.05) is 17.1 Å². The molecule has 164 valence electrons. The molecule has 6 aromatic carbocycles. The van der Waals surface area contributed by atoms with Gasteiger partial charge in [0.1, 0.15) is 0 Å². The molecule has 0 atom stereocenters. The summed E-state index contributed by atoms with van der Waals surface area (Å²) in [7, 11) is 0. The number of hydrogen-bond acceptors (Lipinski definition) is 1. The van der Waals surface area contributed by atoms with E-state index >= 15 is 0 Å². The van der Waals surface area contributed by atoms with Crippen LogP contribution in [-0.4, -0.2) is 0 Å². The van der Waals surface area contributed by atoms with Crippen molar-refractivity contribution in [2.24, 2.45) is 0 Å². The fraction of sp³-hybridized carbons (Fsp3) is 0. The predicted octanol–water partition coefficient (Wildman–Crippen LogP) is 9.62. The van der Waals surface area contributed by atoms with Crippen LogP contribution in [0.15, 0.2) is 140 Å². The van der Waals surface area contributed by atoms with Crippen LogP contribution in [-0.2, 0) is 0 Å². The summed E-state index contributed by atoms with van der Waals surface area (Å²) < 4.78 is 0. The Morgan fingerprint density at radius 3 is 1.63 bits per heavy atom. The molecule has 0 saturated carbocycles. The lowest BCUT2D eigenvalue weighted by Gasteiger charge is -2.26. The van der Waals surface area contributed by atoms with Crippen LogP contribution in [0.4, 0.5) is 17.1 Å². The zero-order valence-electron chi connectivity index (χ0n) is 19.2. The highest BCUT2D eigenvalue weighted by atomic mass is 15.1. The number of hydrogen-bond donors (Lipinski definition) is 0. The van der Waals surface area contributed by atoms with E-state index in [0.29, 0.717) is 0 Å². The molecule has 0 spiro atoms. The van der Waals surface area contributed by atoms with Crippen molar-refractivity contribution in [2.45, 2.75) is 0 Å². The number of nitrogens with zero attached hydrogens (tertiary/aromatic N) is 1. The summed E-state index contributed by atoms with van der Waals surface area (Å²) in [4.78, 5) is 2.35. The van der Waals surface area contributed by atoms with Crippen molar-refractivity contribution in [3.05, 3.63) is 140 Å². The number of anilines is 3. The van der Waals surface area contributed by atoms with Crippen molar-refractivity contribution in [2.75, 3.05) is 4.90 Å². The third-order valence-electron chi connectivity index (χ3n) is 6.99. The third-order valence-corrected chi connectivity index (χ3v) is 6.99. The first kappa shape index (κ1) is 19.8. The maximum Gasteiger partial charge on any atom is 0.0468 e. The van der Waals surface area contributed by atoms with Gasteiger partial charge in [0.25, 0.3) is 0 Å². The van der Waals surface area contributed by atoms with E-state index in [1.54, 1.807) is 0 Å². The highest BCUT2D eigenvalue weighted by Crippen LogP contribution is 2.49. The van der Waals surface area contributed by atoms with Gasteiger partial charge in [-0.1, -0.05) is 103 Å². The first-order chi connectivity index (χ1) is 17.4. The van der Waals surface area contributed by atoms with E-state index in [2.05, 4.69) is 144 Å². The van der Waals surface area contributed by atoms with Gasteiger partial charge < -0.3 is 4.90 Å². The molecule has 1 aliphatic rings. The van der Waals surface area contributed by atoms with Crippen LogP contribution in [0, 0.1) is 0 Å². The van der Waals surface area contributed by atoms with Crippen molar-refractivity contribution in [1.29, 1.82) is 0 Å². The van der Waals surface area contributed by atoms with E-state index < -0.39 is 0 Å². The summed E-state index contributed by atoms with van der Waals surface area (Å²) in [6.07, 6.45) is 0. The fourth-order valence-electron chi connectivity index (χ4n) is 5.38. The van der Waals surface area contributed by atoms with E-state index in [-0.39, 0.29) is 0 Å². The quantitative estimate of drug-likeness (QED) is 0.261. The van der Waals surface area contributed by atoms with Crippen LogP contribution < -0.4 is 4.90 Å². The van der Waals surface area contributed by atoms with Crippen LogP contribution in [0.25, 0.3) is 44.2 Å². The van der Waals surface area contributed by atoms with Gasteiger partial charge in [-0.2, -0.15) is 0 Å². The molecular weight excluding hydrogens is 422 g/mol. The van der Waals surface area contributed by atoms with Gasteiger partial charge >= 0.3 is 0 Å². The van der Waals surface area contributed by atoms with E-state index in [1.807, 2.05) is 0 Å². The Labute approximate surface area is 205 Å². The minimum atomic E-state index is 1.14. The van der Waals surface area contributed by atoms with Gasteiger partial charge in [-0.15, -0.1) is 0 Å². The monoisotopic (exact) mass is 445 g/mol. The molecule has 0 radical (unpaired) electrons. The van der Waals surface area contributed by atoms with E-state index in [4.69, 9.17) is 0 Å². The Balaban J connectivity index is 1.37. The summed E-state index contributed by atoms with van der Waals surface area (Å²) in [6.45, 7) is 0. The van der Waals surface area contributed by atoms with Gasteiger partial charge in [-0.25, -0.2) is 0 Å². The first-order valence-electron chi connectivity index (χ1n) is 12.0. The Hall–Kier alpha value is -4.62. The lowest BCUT2D eigenvalue weighted by atomic mass is 10.0. The third kappa shape index (κ3) is 3.25. The van der Waals surface area contributed by atoms with Crippen molar-refractivity contribution in [3.8, 4) is 33.4 Å². The second-order valence-electron chi connectivity index (χ2n) is 9.02. The topological polar surface area (TPSA) is 3.24 Å². The lowest BCUT2D eigenvalue weighted by molar-refractivity contribution is 1.28. The van der Waals surface area contributed by atoms with Crippen LogP contribution in [0.5, 0.6) is 0 Å². The molecular formula is C34H23N. The summed E-state index contributed by atoms with van der Waals surface area (Å²) in [5, 5.41) is 2.66. The largest absolute Gasteiger partial charge is 0.310 e. The zero-order valence-corrected chi connectivity index (χ0v) is 19.2. The van der Waals surface area contributed by atoms with Gasteiger partial charge in [0.2, 0.25) is 0 Å². The molecule has 0 aromatic heterocycles. The summed E-state index contributed by atoms with van der Waals surface area (Å²) in [6, 6.07) is 50.2. The molecule has 7 rings (SSSR count). The Morgan fingerprint density at radius 2 is 0.914 bits per heavy atom.